The van der Waals surface area contributed by atoms with Crippen molar-refractivity contribution in [2.45, 2.75) is 62.9 Å². The highest BCUT2D eigenvalue weighted by Gasteiger charge is 2.52. The van der Waals surface area contributed by atoms with Crippen LogP contribution in [0.1, 0.15) is 63.0 Å². The van der Waals surface area contributed by atoms with E-state index in [1.165, 1.54) is 0 Å². The first-order valence-corrected chi connectivity index (χ1v) is 12.4. The molecule has 2 atom stereocenters. The predicted molar refractivity (Wildman–Crippen MR) is 131 cm³/mol. The summed E-state index contributed by atoms with van der Waals surface area (Å²) in [4.78, 5) is 37.8. The van der Waals surface area contributed by atoms with Gasteiger partial charge in [0, 0.05) is 5.92 Å². The second kappa shape index (κ2) is 8.70. The number of nitrogens with one attached hydrogen (secondary N) is 2. The zero-order chi connectivity index (χ0) is 24.8. The molecule has 0 aromatic heterocycles. The third-order valence-electron chi connectivity index (χ3n) is 7.97. The van der Waals surface area contributed by atoms with Gasteiger partial charge >= 0.3 is 12.1 Å². The molecule has 3 aliphatic rings. The SMILES string of the molecule is CC(CC(=O)O)(NC(=O)C(C)(NC(=O)OCC1c2ccccc2-c2ccccc21)C1CC1)C1CC1. The molecule has 2 aromatic rings. The number of aliphatic carboxylic acids is 1. The molecule has 5 rings (SSSR count). The molecule has 0 radical (unpaired) electrons. The summed E-state index contributed by atoms with van der Waals surface area (Å²) < 4.78 is 5.69. The van der Waals surface area contributed by atoms with E-state index >= 15 is 0 Å². The lowest BCUT2D eigenvalue weighted by Gasteiger charge is -2.36. The van der Waals surface area contributed by atoms with Gasteiger partial charge < -0.3 is 20.5 Å². The predicted octanol–water partition coefficient (Wildman–Crippen LogP) is 4.45. The smallest absolute Gasteiger partial charge is 0.408 e. The number of carboxylic acids is 1. The minimum Gasteiger partial charge on any atom is -0.481 e. The van der Waals surface area contributed by atoms with Crippen LogP contribution in [-0.2, 0) is 14.3 Å². The van der Waals surface area contributed by atoms with Gasteiger partial charge in [-0.25, -0.2) is 4.79 Å². The highest BCUT2D eigenvalue weighted by molar-refractivity contribution is 5.91. The topological polar surface area (TPSA) is 105 Å². The van der Waals surface area contributed by atoms with Crippen molar-refractivity contribution in [3.8, 4) is 11.1 Å². The molecule has 3 N–H and O–H groups in total. The average molecular weight is 477 g/mol. The number of carboxylic acid groups (broad SMARTS) is 1. The van der Waals surface area contributed by atoms with Crippen molar-refractivity contribution in [3.63, 3.8) is 0 Å². The molecule has 35 heavy (non-hydrogen) atoms. The summed E-state index contributed by atoms with van der Waals surface area (Å²) in [5, 5.41) is 15.2. The summed E-state index contributed by atoms with van der Waals surface area (Å²) in [5.41, 5.74) is 2.56. The number of benzene rings is 2. The normalized spacial score (nSPS) is 20.1. The molecule has 7 heteroatoms. The first kappa shape index (κ1) is 23.4. The van der Waals surface area contributed by atoms with Gasteiger partial charge in [-0.1, -0.05) is 48.5 Å². The molecular weight excluding hydrogens is 444 g/mol. The van der Waals surface area contributed by atoms with Crippen molar-refractivity contribution in [1.82, 2.24) is 10.6 Å². The van der Waals surface area contributed by atoms with Crippen LogP contribution in [0.2, 0.25) is 0 Å². The van der Waals surface area contributed by atoms with E-state index in [-0.39, 0.29) is 36.7 Å². The molecule has 0 aliphatic heterocycles. The minimum atomic E-state index is -1.16. The number of hydrogen-bond acceptors (Lipinski definition) is 4. The Labute approximate surface area is 205 Å². The Morgan fingerprint density at radius 3 is 1.94 bits per heavy atom. The van der Waals surface area contributed by atoms with Crippen molar-refractivity contribution in [1.29, 1.82) is 0 Å². The largest absolute Gasteiger partial charge is 0.481 e. The van der Waals surface area contributed by atoms with E-state index in [0.717, 1.165) is 47.9 Å². The van der Waals surface area contributed by atoms with Gasteiger partial charge in [-0.15, -0.1) is 0 Å². The Hall–Kier alpha value is -3.35. The number of alkyl carbamates (subject to hydrolysis) is 1. The van der Waals surface area contributed by atoms with Crippen molar-refractivity contribution in [2.24, 2.45) is 11.8 Å². The Balaban J connectivity index is 1.28. The van der Waals surface area contributed by atoms with Gasteiger partial charge in [0.25, 0.3) is 0 Å². The Bertz CT molecular complexity index is 1130. The number of hydrogen-bond donors (Lipinski definition) is 3. The van der Waals surface area contributed by atoms with Gasteiger partial charge in [0.15, 0.2) is 0 Å². The average Bonchev–Trinajstić information content (AvgIpc) is 3.72. The van der Waals surface area contributed by atoms with Crippen molar-refractivity contribution < 1.29 is 24.2 Å². The second-order valence-corrected chi connectivity index (χ2v) is 10.6. The van der Waals surface area contributed by atoms with Gasteiger partial charge in [0.1, 0.15) is 12.1 Å². The highest BCUT2D eigenvalue weighted by atomic mass is 16.5. The van der Waals surface area contributed by atoms with Crippen molar-refractivity contribution >= 4 is 18.0 Å². The maximum atomic E-state index is 13.4. The standard InChI is InChI=1S/C28H32N2O5/c1-27(15-24(31)32,17-11-12-17)29-25(33)28(2,18-13-14-18)30-26(34)35-16-23-21-9-5-3-7-19(21)20-8-4-6-10-22(20)23/h3-10,17-18,23H,11-16H2,1-2H3,(H,29,33)(H,30,34)(H,31,32). The molecule has 0 spiro atoms. The van der Waals surface area contributed by atoms with E-state index < -0.39 is 23.1 Å². The molecule has 7 nitrogen and oxygen atoms in total. The lowest BCUT2D eigenvalue weighted by atomic mass is 9.88. The molecule has 0 heterocycles. The summed E-state index contributed by atoms with van der Waals surface area (Å²) in [6, 6.07) is 16.3. The first-order valence-electron chi connectivity index (χ1n) is 12.4. The lowest BCUT2D eigenvalue weighted by Crippen LogP contribution is -2.63. The maximum Gasteiger partial charge on any atom is 0.408 e. The van der Waals surface area contributed by atoms with Gasteiger partial charge in [-0.05, 0) is 73.6 Å². The molecule has 2 saturated carbocycles. The molecule has 0 saturated heterocycles. The third kappa shape index (κ3) is 4.51. The Morgan fingerprint density at radius 2 is 1.43 bits per heavy atom. The molecular formula is C28H32N2O5. The molecule has 3 aliphatic carbocycles. The van der Waals surface area contributed by atoms with Gasteiger partial charge in [0.2, 0.25) is 5.91 Å². The summed E-state index contributed by atoms with van der Waals surface area (Å²) in [6.07, 6.45) is 2.66. The first-order chi connectivity index (χ1) is 16.7. The van der Waals surface area contributed by atoms with E-state index in [4.69, 9.17) is 4.74 Å². The van der Waals surface area contributed by atoms with Crippen LogP contribution in [0.4, 0.5) is 4.79 Å². The molecule has 0 bridgehead atoms. The quantitative estimate of drug-likeness (QED) is 0.496. The fourth-order valence-electron chi connectivity index (χ4n) is 5.57. The number of carbonyl (C=O) groups is 3. The Kier molecular flexibility index (Phi) is 5.82. The molecule has 184 valence electrons. The second-order valence-electron chi connectivity index (χ2n) is 10.6. The third-order valence-corrected chi connectivity index (χ3v) is 7.97. The Morgan fingerprint density at radius 1 is 0.886 bits per heavy atom. The zero-order valence-corrected chi connectivity index (χ0v) is 20.2. The monoisotopic (exact) mass is 476 g/mol. The molecule has 2 unspecified atom stereocenters. The van der Waals surface area contributed by atoms with E-state index in [2.05, 4.69) is 34.9 Å². The summed E-state index contributed by atoms with van der Waals surface area (Å²) in [7, 11) is 0. The van der Waals surface area contributed by atoms with Gasteiger partial charge in [-0.2, -0.15) is 0 Å². The molecule has 2 amide bonds. The molecule has 2 aromatic carbocycles. The van der Waals surface area contributed by atoms with Crippen molar-refractivity contribution in [2.75, 3.05) is 6.61 Å². The van der Waals surface area contributed by atoms with Gasteiger partial charge in [0.05, 0.1) is 12.0 Å². The van der Waals surface area contributed by atoms with Crippen molar-refractivity contribution in [3.05, 3.63) is 59.7 Å². The summed E-state index contributed by atoms with van der Waals surface area (Å²) >= 11 is 0. The van der Waals surface area contributed by atoms with Crippen LogP contribution >= 0.6 is 0 Å². The van der Waals surface area contributed by atoms with Crippen LogP contribution in [0.3, 0.4) is 0 Å². The van der Waals surface area contributed by atoms with Crippen LogP contribution in [0.15, 0.2) is 48.5 Å². The van der Waals surface area contributed by atoms with E-state index in [1.807, 2.05) is 24.3 Å². The summed E-state index contributed by atoms with van der Waals surface area (Å²) in [6.45, 7) is 3.67. The zero-order valence-electron chi connectivity index (χ0n) is 20.2. The number of fused-ring (bicyclic) bond motifs is 3. The minimum absolute atomic E-state index is 0.00346. The number of amides is 2. The van der Waals surface area contributed by atoms with Gasteiger partial charge in [-0.3, -0.25) is 9.59 Å². The maximum absolute atomic E-state index is 13.4. The van der Waals surface area contributed by atoms with Crippen LogP contribution in [0.25, 0.3) is 11.1 Å². The van der Waals surface area contributed by atoms with Crippen LogP contribution < -0.4 is 10.6 Å². The van der Waals surface area contributed by atoms with E-state index in [9.17, 15) is 19.5 Å². The highest BCUT2D eigenvalue weighted by Crippen LogP contribution is 2.45. The van der Waals surface area contributed by atoms with Crippen LogP contribution in [0.5, 0.6) is 0 Å². The van der Waals surface area contributed by atoms with Crippen LogP contribution in [0, 0.1) is 11.8 Å². The number of carbonyl (C=O) groups excluding carboxylic acids is 2. The lowest BCUT2D eigenvalue weighted by molar-refractivity contribution is -0.139. The number of ether oxygens (including phenoxy) is 1. The fraction of sp³-hybridized carbons (Fsp3) is 0.464. The molecule has 2 fully saturated rings. The fourth-order valence-corrected chi connectivity index (χ4v) is 5.57. The van der Waals surface area contributed by atoms with E-state index in [0.29, 0.717) is 0 Å². The summed E-state index contributed by atoms with van der Waals surface area (Å²) in [5.74, 6) is -1.22. The number of rotatable bonds is 9. The van der Waals surface area contributed by atoms with E-state index in [1.54, 1.807) is 13.8 Å². The van der Waals surface area contributed by atoms with Crippen LogP contribution in [-0.4, -0.2) is 40.8 Å².